The molecule has 5 rings (SSSR count). The molecule has 1 aliphatic heterocycles. The number of piperazine rings is 1. The number of halogens is 4. The SMILES string of the molecule is CN1CCN(c2ccc(-c3n[nH]c4cc(NC(=O)CC(=O)Nc5ccc(F)c(C(F)(F)F)c5)ccc34)cc2)CC1. The van der Waals surface area contributed by atoms with E-state index < -0.39 is 35.8 Å². The maximum atomic E-state index is 13.5. The minimum absolute atomic E-state index is 0.269. The fourth-order valence-electron chi connectivity index (χ4n) is 4.59. The fraction of sp³-hybridized carbons (Fsp3) is 0.250. The van der Waals surface area contributed by atoms with E-state index in [2.05, 4.69) is 49.8 Å². The number of H-pyrrole nitrogens is 1. The lowest BCUT2D eigenvalue weighted by Crippen LogP contribution is -2.44. The second-order valence-corrected chi connectivity index (χ2v) is 9.64. The molecule has 0 spiro atoms. The van der Waals surface area contributed by atoms with Gasteiger partial charge in [0.15, 0.2) is 0 Å². The monoisotopic (exact) mass is 554 g/mol. The minimum atomic E-state index is -4.92. The highest BCUT2D eigenvalue weighted by Gasteiger charge is 2.34. The van der Waals surface area contributed by atoms with E-state index in [1.54, 1.807) is 18.2 Å². The molecule has 40 heavy (non-hydrogen) atoms. The number of hydrogen-bond donors (Lipinski definition) is 3. The minimum Gasteiger partial charge on any atom is -0.369 e. The highest BCUT2D eigenvalue weighted by atomic mass is 19.4. The van der Waals surface area contributed by atoms with Gasteiger partial charge < -0.3 is 20.4 Å². The predicted octanol–water partition coefficient (Wildman–Crippen LogP) is 5.11. The van der Waals surface area contributed by atoms with E-state index in [4.69, 9.17) is 0 Å². The lowest BCUT2D eigenvalue weighted by Gasteiger charge is -2.34. The third-order valence-electron chi connectivity index (χ3n) is 6.73. The zero-order chi connectivity index (χ0) is 28.4. The van der Waals surface area contributed by atoms with Crippen molar-refractivity contribution >= 4 is 39.8 Å². The lowest BCUT2D eigenvalue weighted by molar-refractivity contribution is -0.140. The van der Waals surface area contributed by atoms with Crippen LogP contribution in [0.5, 0.6) is 0 Å². The van der Waals surface area contributed by atoms with Crippen LogP contribution in [-0.4, -0.2) is 60.1 Å². The van der Waals surface area contributed by atoms with Crippen molar-refractivity contribution in [3.05, 3.63) is 72.0 Å². The molecule has 8 nitrogen and oxygen atoms in total. The van der Waals surface area contributed by atoms with Crippen LogP contribution in [0.25, 0.3) is 22.2 Å². The Kier molecular flexibility index (Phi) is 7.44. The number of benzene rings is 3. The summed E-state index contributed by atoms with van der Waals surface area (Å²) in [4.78, 5) is 29.2. The van der Waals surface area contributed by atoms with Gasteiger partial charge in [0.1, 0.15) is 12.2 Å². The molecule has 1 aromatic heterocycles. The Labute approximate surface area is 227 Å². The second-order valence-electron chi connectivity index (χ2n) is 9.64. The van der Waals surface area contributed by atoms with Crippen LogP contribution in [-0.2, 0) is 15.8 Å². The van der Waals surface area contributed by atoms with E-state index in [1.807, 2.05) is 12.1 Å². The van der Waals surface area contributed by atoms with Crippen molar-refractivity contribution in [2.75, 3.05) is 48.8 Å². The van der Waals surface area contributed by atoms with Crippen LogP contribution in [0.15, 0.2) is 60.7 Å². The molecule has 12 heteroatoms. The van der Waals surface area contributed by atoms with E-state index in [-0.39, 0.29) is 5.69 Å². The summed E-state index contributed by atoms with van der Waals surface area (Å²) in [6.07, 6.45) is -5.56. The first-order valence-electron chi connectivity index (χ1n) is 12.6. The first-order valence-corrected chi connectivity index (χ1v) is 12.6. The molecule has 3 aromatic carbocycles. The average Bonchev–Trinajstić information content (AvgIpc) is 3.33. The standard InChI is InChI=1S/C28H26F4N6O2/c1-37-10-12-38(13-11-37)20-6-2-17(3-7-20)27-21-8-4-19(15-24(21)35-36-27)34-26(40)16-25(39)33-18-5-9-23(29)22(14-18)28(30,31)32/h2-9,14-15H,10-13,16H2,1H3,(H,33,39)(H,34,40)(H,35,36). The summed E-state index contributed by atoms with van der Waals surface area (Å²) in [6.45, 7) is 3.99. The number of carbonyl (C=O) groups excluding carboxylic acids is 2. The maximum Gasteiger partial charge on any atom is 0.419 e. The molecule has 1 saturated heterocycles. The molecule has 0 radical (unpaired) electrons. The number of rotatable bonds is 6. The fourth-order valence-corrected chi connectivity index (χ4v) is 4.59. The molecule has 2 amide bonds. The van der Waals surface area contributed by atoms with Crippen molar-refractivity contribution in [2.45, 2.75) is 12.6 Å². The number of hydrogen-bond acceptors (Lipinski definition) is 5. The van der Waals surface area contributed by atoms with Crippen LogP contribution in [0.4, 0.5) is 34.6 Å². The number of nitrogens with zero attached hydrogens (tertiary/aromatic N) is 3. The lowest BCUT2D eigenvalue weighted by atomic mass is 10.1. The van der Waals surface area contributed by atoms with Crippen molar-refractivity contribution in [2.24, 2.45) is 0 Å². The topological polar surface area (TPSA) is 93.4 Å². The van der Waals surface area contributed by atoms with Gasteiger partial charge in [-0.25, -0.2) is 4.39 Å². The highest BCUT2D eigenvalue weighted by molar-refractivity contribution is 6.08. The average molecular weight is 555 g/mol. The van der Waals surface area contributed by atoms with Gasteiger partial charge >= 0.3 is 6.18 Å². The Bertz CT molecular complexity index is 1540. The molecule has 208 valence electrons. The van der Waals surface area contributed by atoms with Gasteiger partial charge in [0.25, 0.3) is 0 Å². The van der Waals surface area contributed by atoms with Gasteiger partial charge in [-0.05, 0) is 55.6 Å². The number of fused-ring (bicyclic) bond motifs is 1. The van der Waals surface area contributed by atoms with Gasteiger partial charge in [0.2, 0.25) is 11.8 Å². The van der Waals surface area contributed by atoms with Gasteiger partial charge in [-0.1, -0.05) is 12.1 Å². The molecule has 0 unspecified atom stereocenters. The first-order chi connectivity index (χ1) is 19.1. The van der Waals surface area contributed by atoms with E-state index in [0.717, 1.165) is 54.6 Å². The summed E-state index contributed by atoms with van der Waals surface area (Å²) in [5.41, 5.74) is 2.16. The van der Waals surface area contributed by atoms with E-state index in [0.29, 0.717) is 23.3 Å². The van der Waals surface area contributed by atoms with Crippen LogP contribution in [0.2, 0.25) is 0 Å². The van der Waals surface area contributed by atoms with Gasteiger partial charge in [-0.3, -0.25) is 14.7 Å². The van der Waals surface area contributed by atoms with Gasteiger partial charge in [0.05, 0.1) is 16.8 Å². The number of amides is 2. The number of alkyl halides is 3. The van der Waals surface area contributed by atoms with E-state index in [9.17, 15) is 27.2 Å². The van der Waals surface area contributed by atoms with Gasteiger partial charge in [0, 0.05) is 54.2 Å². The third kappa shape index (κ3) is 6.07. The van der Waals surface area contributed by atoms with Crippen molar-refractivity contribution in [1.29, 1.82) is 0 Å². The Hall–Kier alpha value is -4.45. The summed E-state index contributed by atoms with van der Waals surface area (Å²) in [6, 6.07) is 15.4. The zero-order valence-electron chi connectivity index (χ0n) is 21.5. The first kappa shape index (κ1) is 27.1. The maximum absolute atomic E-state index is 13.5. The molecule has 0 atom stereocenters. The Morgan fingerprint density at radius 3 is 2.17 bits per heavy atom. The molecule has 0 bridgehead atoms. The highest BCUT2D eigenvalue weighted by Crippen LogP contribution is 2.33. The molecule has 4 aromatic rings. The summed E-state index contributed by atoms with van der Waals surface area (Å²) in [5, 5.41) is 13.0. The summed E-state index contributed by atoms with van der Waals surface area (Å²) in [5.74, 6) is -2.97. The van der Waals surface area contributed by atoms with Gasteiger partial charge in [-0.15, -0.1) is 0 Å². The number of aromatic nitrogens is 2. The largest absolute Gasteiger partial charge is 0.419 e. The van der Waals surface area contributed by atoms with Crippen molar-refractivity contribution < 1.29 is 27.2 Å². The van der Waals surface area contributed by atoms with Crippen LogP contribution in [0, 0.1) is 5.82 Å². The number of carbonyl (C=O) groups is 2. The Morgan fingerprint density at radius 1 is 0.900 bits per heavy atom. The van der Waals surface area contributed by atoms with Crippen LogP contribution in [0.3, 0.4) is 0 Å². The third-order valence-corrected chi connectivity index (χ3v) is 6.73. The van der Waals surface area contributed by atoms with Crippen molar-refractivity contribution in [3.63, 3.8) is 0 Å². The van der Waals surface area contributed by atoms with Crippen LogP contribution >= 0.6 is 0 Å². The summed E-state index contributed by atoms with van der Waals surface area (Å²) >= 11 is 0. The van der Waals surface area contributed by atoms with Gasteiger partial charge in [-0.2, -0.15) is 18.3 Å². The molecule has 0 aliphatic carbocycles. The van der Waals surface area contributed by atoms with Crippen LogP contribution in [0.1, 0.15) is 12.0 Å². The summed E-state index contributed by atoms with van der Waals surface area (Å²) < 4.78 is 52.1. The second kappa shape index (κ2) is 11.0. The smallest absolute Gasteiger partial charge is 0.369 e. The molecule has 0 saturated carbocycles. The molecule has 1 fully saturated rings. The van der Waals surface area contributed by atoms with E-state index in [1.165, 1.54) is 0 Å². The molecular formula is C28H26F4N6O2. The van der Waals surface area contributed by atoms with E-state index >= 15 is 0 Å². The zero-order valence-corrected chi connectivity index (χ0v) is 21.5. The predicted molar refractivity (Wildman–Crippen MR) is 145 cm³/mol. The quantitative estimate of drug-likeness (QED) is 0.228. The number of aromatic amines is 1. The number of anilines is 3. The van der Waals surface area contributed by atoms with Crippen molar-refractivity contribution in [1.82, 2.24) is 15.1 Å². The molecule has 3 N–H and O–H groups in total. The molecule has 2 heterocycles. The molecule has 1 aliphatic rings. The molecular weight excluding hydrogens is 528 g/mol. The Balaban J connectivity index is 1.21. The summed E-state index contributed by atoms with van der Waals surface area (Å²) in [7, 11) is 2.12. The number of nitrogens with one attached hydrogen (secondary N) is 3. The number of likely N-dealkylation sites (N-methyl/N-ethyl adjacent to an activating group) is 1. The van der Waals surface area contributed by atoms with Crippen LogP contribution < -0.4 is 15.5 Å². The normalized spacial score (nSPS) is 14.4. The van der Waals surface area contributed by atoms with Crippen molar-refractivity contribution in [3.8, 4) is 11.3 Å². The Morgan fingerprint density at radius 2 is 1.52 bits per heavy atom.